The molecule has 0 bridgehead atoms. The fraction of sp³-hybridized carbons (Fsp3) is 0.588. The number of benzene rings is 1. The number of carbonyl (C=O) groups excluding carboxylic acids is 1. The number of esters is 1. The van der Waals surface area contributed by atoms with Crippen molar-refractivity contribution in [1.82, 2.24) is 4.72 Å². The van der Waals surface area contributed by atoms with Gasteiger partial charge in [0, 0.05) is 6.04 Å². The lowest BCUT2D eigenvalue weighted by atomic mass is 10.1. The van der Waals surface area contributed by atoms with Crippen molar-refractivity contribution in [3.8, 4) is 0 Å². The van der Waals surface area contributed by atoms with E-state index in [1.165, 1.54) is 0 Å². The van der Waals surface area contributed by atoms with Gasteiger partial charge in [-0.1, -0.05) is 12.1 Å². The van der Waals surface area contributed by atoms with Crippen LogP contribution in [-0.2, 0) is 15.7 Å². The van der Waals surface area contributed by atoms with E-state index in [1.54, 1.807) is 12.1 Å². The number of carbonyl (C=O) groups is 1. The molecule has 2 atom stereocenters. The Labute approximate surface area is 136 Å². The third kappa shape index (κ3) is 5.89. The van der Waals surface area contributed by atoms with Crippen molar-refractivity contribution < 1.29 is 13.7 Å². The lowest BCUT2D eigenvalue weighted by Crippen LogP contribution is -2.34. The van der Waals surface area contributed by atoms with Crippen molar-refractivity contribution in [2.24, 2.45) is 0 Å². The van der Waals surface area contributed by atoms with Gasteiger partial charge < -0.3 is 4.74 Å². The van der Waals surface area contributed by atoms with E-state index >= 15 is 0 Å². The molecule has 2 unspecified atom stereocenters. The van der Waals surface area contributed by atoms with Crippen LogP contribution in [0, 0.1) is 0 Å². The molecule has 0 radical (unpaired) electrons. The molecule has 0 saturated carbocycles. The minimum Gasteiger partial charge on any atom is -0.456 e. The molecule has 0 heterocycles. The maximum atomic E-state index is 12.2. The van der Waals surface area contributed by atoms with Crippen molar-refractivity contribution in [3.05, 3.63) is 35.4 Å². The number of nitrogens with one attached hydrogen (secondary N) is 1. The van der Waals surface area contributed by atoms with Crippen LogP contribution in [-0.4, -0.2) is 20.5 Å². The molecule has 4 nitrogen and oxygen atoms in total. The van der Waals surface area contributed by atoms with E-state index in [2.05, 4.69) is 4.72 Å². The smallest absolute Gasteiger partial charge is 0.338 e. The van der Waals surface area contributed by atoms with Crippen LogP contribution in [0.1, 0.15) is 70.4 Å². The molecular weight excluding hydrogens is 298 g/mol. The van der Waals surface area contributed by atoms with Gasteiger partial charge in [0.15, 0.2) is 0 Å². The largest absolute Gasteiger partial charge is 0.456 e. The molecule has 0 aliphatic carbocycles. The predicted octanol–water partition coefficient (Wildman–Crippen LogP) is 3.75. The van der Waals surface area contributed by atoms with Gasteiger partial charge in [-0.3, -0.25) is 0 Å². The maximum Gasteiger partial charge on any atom is 0.338 e. The van der Waals surface area contributed by atoms with Gasteiger partial charge in [-0.2, -0.15) is 0 Å². The second kappa shape index (κ2) is 6.92. The summed E-state index contributed by atoms with van der Waals surface area (Å²) in [6.07, 6.45) is 0. The average molecular weight is 325 g/mol. The van der Waals surface area contributed by atoms with Crippen LogP contribution in [0.4, 0.5) is 0 Å². The highest BCUT2D eigenvalue weighted by Gasteiger charge is 2.22. The molecule has 0 aliphatic rings. The molecule has 22 heavy (non-hydrogen) atoms. The molecular formula is C17H27NO3S. The van der Waals surface area contributed by atoms with Crippen LogP contribution in [0.15, 0.2) is 24.3 Å². The van der Waals surface area contributed by atoms with Gasteiger partial charge in [0.25, 0.3) is 0 Å². The van der Waals surface area contributed by atoms with E-state index in [0.717, 1.165) is 5.56 Å². The maximum absolute atomic E-state index is 12.2. The van der Waals surface area contributed by atoms with Crippen LogP contribution in [0.3, 0.4) is 0 Å². The molecule has 0 amide bonds. The van der Waals surface area contributed by atoms with Gasteiger partial charge in [-0.05, 0) is 66.2 Å². The Balaban J connectivity index is 2.88. The van der Waals surface area contributed by atoms with Crippen LogP contribution >= 0.6 is 0 Å². The van der Waals surface area contributed by atoms with Crippen LogP contribution in [0.2, 0.25) is 0 Å². The van der Waals surface area contributed by atoms with E-state index in [0.29, 0.717) is 5.56 Å². The van der Waals surface area contributed by atoms with Crippen molar-refractivity contribution in [2.75, 3.05) is 0 Å². The van der Waals surface area contributed by atoms with Crippen molar-refractivity contribution in [2.45, 2.75) is 64.9 Å². The lowest BCUT2D eigenvalue weighted by molar-refractivity contribution is 0.00694. The SMILES string of the molecule is CC(NS(=O)C(C)(C)C)c1cccc(C(=O)OC(C)(C)C)c1. The molecule has 0 aromatic heterocycles. The molecule has 0 aliphatic heterocycles. The standard InChI is InChI=1S/C17H27NO3S/c1-12(18-22(20)17(5,6)7)13-9-8-10-14(11-13)15(19)21-16(2,3)4/h8-12,18H,1-7H3. The summed E-state index contributed by atoms with van der Waals surface area (Å²) in [5.74, 6) is -0.349. The van der Waals surface area contributed by atoms with E-state index in [9.17, 15) is 9.00 Å². The van der Waals surface area contributed by atoms with E-state index in [4.69, 9.17) is 4.74 Å². The summed E-state index contributed by atoms with van der Waals surface area (Å²) in [5, 5.41) is 0. The summed E-state index contributed by atoms with van der Waals surface area (Å²) in [7, 11) is -1.17. The molecule has 1 rings (SSSR count). The van der Waals surface area contributed by atoms with Gasteiger partial charge in [0.1, 0.15) is 5.60 Å². The Morgan fingerprint density at radius 1 is 1.18 bits per heavy atom. The zero-order valence-electron chi connectivity index (χ0n) is 14.5. The van der Waals surface area contributed by atoms with Gasteiger partial charge in [0.05, 0.1) is 21.3 Å². The molecule has 124 valence electrons. The van der Waals surface area contributed by atoms with E-state index in [1.807, 2.05) is 60.6 Å². The Bertz CT molecular complexity index is 556. The average Bonchev–Trinajstić information content (AvgIpc) is 2.35. The highest BCUT2D eigenvalue weighted by Crippen LogP contribution is 2.19. The fourth-order valence-electron chi connectivity index (χ4n) is 1.68. The first-order valence-corrected chi connectivity index (χ1v) is 8.56. The first kappa shape index (κ1) is 18.8. The monoisotopic (exact) mass is 325 g/mol. The number of rotatable bonds is 4. The molecule has 1 aromatic rings. The first-order valence-electron chi connectivity index (χ1n) is 7.41. The lowest BCUT2D eigenvalue weighted by Gasteiger charge is -2.23. The summed E-state index contributed by atoms with van der Waals surface area (Å²) in [5.41, 5.74) is 0.883. The highest BCUT2D eigenvalue weighted by atomic mass is 32.2. The van der Waals surface area contributed by atoms with Crippen LogP contribution in [0.25, 0.3) is 0 Å². The molecule has 5 heteroatoms. The number of hydrogen-bond acceptors (Lipinski definition) is 3. The quantitative estimate of drug-likeness (QED) is 0.858. The van der Waals surface area contributed by atoms with Crippen LogP contribution < -0.4 is 4.72 Å². The summed E-state index contributed by atoms with van der Waals surface area (Å²) in [6.45, 7) is 13.2. The Hall–Kier alpha value is -1.20. The first-order chi connectivity index (χ1) is 9.90. The van der Waals surface area contributed by atoms with Crippen molar-refractivity contribution >= 4 is 17.0 Å². The molecule has 0 fully saturated rings. The van der Waals surface area contributed by atoms with Gasteiger partial charge in [0.2, 0.25) is 0 Å². The minimum atomic E-state index is -1.17. The normalized spacial score (nSPS) is 15.2. The topological polar surface area (TPSA) is 55.4 Å². The van der Waals surface area contributed by atoms with Crippen molar-refractivity contribution in [3.63, 3.8) is 0 Å². The zero-order chi connectivity index (χ0) is 17.1. The molecule has 0 spiro atoms. The predicted molar refractivity (Wildman–Crippen MR) is 91.1 cm³/mol. The molecule has 1 aromatic carbocycles. The Morgan fingerprint density at radius 2 is 1.77 bits per heavy atom. The van der Waals surface area contributed by atoms with E-state index < -0.39 is 16.6 Å². The van der Waals surface area contributed by atoms with Gasteiger partial charge in [-0.15, -0.1) is 0 Å². The second-order valence-electron chi connectivity index (χ2n) is 7.35. The summed E-state index contributed by atoms with van der Waals surface area (Å²) < 4.78 is 20.3. The minimum absolute atomic E-state index is 0.123. The Morgan fingerprint density at radius 3 is 2.27 bits per heavy atom. The van der Waals surface area contributed by atoms with E-state index in [-0.39, 0.29) is 16.8 Å². The number of hydrogen-bond donors (Lipinski definition) is 1. The van der Waals surface area contributed by atoms with Gasteiger partial charge in [-0.25, -0.2) is 13.7 Å². The fourth-order valence-corrected chi connectivity index (χ4v) is 2.49. The second-order valence-corrected chi connectivity index (χ2v) is 9.35. The zero-order valence-corrected chi connectivity index (χ0v) is 15.3. The third-order valence-corrected chi connectivity index (χ3v) is 4.54. The third-order valence-electron chi connectivity index (χ3n) is 2.86. The molecule has 1 N–H and O–H groups in total. The highest BCUT2D eigenvalue weighted by molar-refractivity contribution is 7.84. The van der Waals surface area contributed by atoms with Crippen molar-refractivity contribution in [1.29, 1.82) is 0 Å². The van der Waals surface area contributed by atoms with Gasteiger partial charge >= 0.3 is 5.97 Å². The number of ether oxygens (including phenoxy) is 1. The Kier molecular flexibility index (Phi) is 5.93. The van der Waals surface area contributed by atoms with Crippen LogP contribution in [0.5, 0.6) is 0 Å². The summed E-state index contributed by atoms with van der Waals surface area (Å²) >= 11 is 0. The summed E-state index contributed by atoms with van der Waals surface area (Å²) in [6, 6.07) is 7.11. The summed E-state index contributed by atoms with van der Waals surface area (Å²) in [4.78, 5) is 12.1. The molecule has 0 saturated heterocycles.